The second kappa shape index (κ2) is 4.17. The summed E-state index contributed by atoms with van der Waals surface area (Å²) in [6.07, 6.45) is 2.73. The summed E-state index contributed by atoms with van der Waals surface area (Å²) in [5.74, 6) is -1.13. The maximum Gasteiger partial charge on any atom is 0.304 e. The first kappa shape index (κ1) is 11.6. The summed E-state index contributed by atoms with van der Waals surface area (Å²) in [6, 6.07) is 4.47. The van der Waals surface area contributed by atoms with E-state index in [9.17, 15) is 9.18 Å². The van der Waals surface area contributed by atoms with E-state index in [4.69, 9.17) is 5.11 Å². The molecule has 2 nitrogen and oxygen atoms in total. The number of carboxylic acid groups (broad SMARTS) is 1. The topological polar surface area (TPSA) is 37.3 Å². The van der Waals surface area contributed by atoms with Crippen molar-refractivity contribution in [3.63, 3.8) is 0 Å². The first-order valence-electron chi connectivity index (χ1n) is 5.21. The predicted molar refractivity (Wildman–Crippen MR) is 61.9 cm³/mol. The molecule has 0 atom stereocenters. The van der Waals surface area contributed by atoms with Crippen molar-refractivity contribution in [2.45, 2.75) is 31.1 Å². The molecule has 1 N–H and O–H groups in total. The van der Waals surface area contributed by atoms with Crippen LogP contribution < -0.4 is 0 Å². The summed E-state index contributed by atoms with van der Waals surface area (Å²) in [4.78, 5) is 10.9. The van der Waals surface area contributed by atoms with E-state index in [1.165, 1.54) is 12.1 Å². The van der Waals surface area contributed by atoms with Crippen molar-refractivity contribution in [2.24, 2.45) is 0 Å². The van der Waals surface area contributed by atoms with Gasteiger partial charge in [-0.1, -0.05) is 22.4 Å². The van der Waals surface area contributed by atoms with Crippen molar-refractivity contribution in [1.29, 1.82) is 0 Å². The van der Waals surface area contributed by atoms with Crippen molar-refractivity contribution in [2.75, 3.05) is 0 Å². The molecule has 1 aromatic carbocycles. The first-order chi connectivity index (χ1) is 7.53. The molecule has 0 spiro atoms. The Morgan fingerprint density at radius 2 is 2.19 bits per heavy atom. The molecule has 1 aromatic rings. The average Bonchev–Trinajstić information content (AvgIpc) is 2.15. The van der Waals surface area contributed by atoms with Gasteiger partial charge >= 0.3 is 5.97 Å². The van der Waals surface area contributed by atoms with Crippen LogP contribution in [0.3, 0.4) is 0 Å². The minimum atomic E-state index is -0.823. The lowest BCUT2D eigenvalue weighted by atomic mass is 9.62. The minimum Gasteiger partial charge on any atom is -0.481 e. The Kier molecular flexibility index (Phi) is 3.02. The van der Waals surface area contributed by atoms with Crippen molar-refractivity contribution >= 4 is 21.9 Å². The maximum absolute atomic E-state index is 13.2. The fourth-order valence-corrected chi connectivity index (χ4v) is 3.01. The van der Waals surface area contributed by atoms with Crippen LogP contribution in [0.15, 0.2) is 22.7 Å². The van der Waals surface area contributed by atoms with Gasteiger partial charge in [0.1, 0.15) is 5.82 Å². The third kappa shape index (κ3) is 1.98. The van der Waals surface area contributed by atoms with E-state index in [1.54, 1.807) is 6.07 Å². The van der Waals surface area contributed by atoms with Crippen LogP contribution in [-0.2, 0) is 10.2 Å². The maximum atomic E-state index is 13.2. The zero-order valence-corrected chi connectivity index (χ0v) is 10.3. The number of carboxylic acids is 1. The molecule has 86 valence electrons. The van der Waals surface area contributed by atoms with Crippen molar-refractivity contribution < 1.29 is 14.3 Å². The van der Waals surface area contributed by atoms with E-state index in [-0.39, 0.29) is 17.7 Å². The highest BCUT2D eigenvalue weighted by molar-refractivity contribution is 9.10. The molecule has 1 aliphatic rings. The predicted octanol–water partition coefficient (Wildman–Crippen LogP) is 3.48. The van der Waals surface area contributed by atoms with Gasteiger partial charge in [0.15, 0.2) is 0 Å². The molecule has 0 aromatic heterocycles. The summed E-state index contributed by atoms with van der Waals surface area (Å²) >= 11 is 3.37. The summed E-state index contributed by atoms with van der Waals surface area (Å²) in [5, 5.41) is 8.93. The van der Waals surface area contributed by atoms with Crippen LogP contribution in [0.25, 0.3) is 0 Å². The highest BCUT2D eigenvalue weighted by Crippen LogP contribution is 2.48. The molecule has 1 fully saturated rings. The van der Waals surface area contributed by atoms with Gasteiger partial charge in [0.25, 0.3) is 0 Å². The normalized spacial score (nSPS) is 17.9. The van der Waals surface area contributed by atoms with E-state index in [1.807, 2.05) is 0 Å². The van der Waals surface area contributed by atoms with Gasteiger partial charge in [-0.3, -0.25) is 4.79 Å². The summed E-state index contributed by atoms with van der Waals surface area (Å²) in [7, 11) is 0. The van der Waals surface area contributed by atoms with Crippen LogP contribution >= 0.6 is 15.9 Å². The molecule has 2 rings (SSSR count). The van der Waals surface area contributed by atoms with E-state index >= 15 is 0 Å². The Morgan fingerprint density at radius 3 is 2.69 bits per heavy atom. The number of hydrogen-bond acceptors (Lipinski definition) is 1. The summed E-state index contributed by atoms with van der Waals surface area (Å²) in [6.45, 7) is 0. The van der Waals surface area contributed by atoms with Gasteiger partial charge in [0.2, 0.25) is 0 Å². The van der Waals surface area contributed by atoms with E-state index in [2.05, 4.69) is 15.9 Å². The van der Waals surface area contributed by atoms with Crippen LogP contribution in [0.2, 0.25) is 0 Å². The largest absolute Gasteiger partial charge is 0.481 e. The first-order valence-corrected chi connectivity index (χ1v) is 6.00. The molecule has 0 radical (unpaired) electrons. The van der Waals surface area contributed by atoms with Gasteiger partial charge in [0.05, 0.1) is 6.42 Å². The standard InChI is InChI=1S/C12H12BrFO2/c13-10-3-2-8(14)6-9(10)12(4-1-5-12)7-11(15)16/h2-3,6H,1,4-5,7H2,(H,15,16). The Bertz CT molecular complexity index is 427. The molecule has 16 heavy (non-hydrogen) atoms. The lowest BCUT2D eigenvalue weighted by molar-refractivity contribution is -0.139. The quantitative estimate of drug-likeness (QED) is 0.924. The zero-order chi connectivity index (χ0) is 11.8. The molecule has 0 amide bonds. The number of aliphatic carboxylic acids is 1. The van der Waals surface area contributed by atoms with Gasteiger partial charge in [-0.25, -0.2) is 4.39 Å². The third-order valence-electron chi connectivity index (χ3n) is 3.30. The number of carbonyl (C=O) groups is 1. The smallest absolute Gasteiger partial charge is 0.304 e. The van der Waals surface area contributed by atoms with Crippen molar-refractivity contribution in [3.8, 4) is 0 Å². The zero-order valence-electron chi connectivity index (χ0n) is 8.67. The van der Waals surface area contributed by atoms with Crippen LogP contribution in [-0.4, -0.2) is 11.1 Å². The van der Waals surface area contributed by atoms with Gasteiger partial charge in [-0.2, -0.15) is 0 Å². The fourth-order valence-electron chi connectivity index (χ4n) is 2.34. The van der Waals surface area contributed by atoms with Crippen LogP contribution in [0.5, 0.6) is 0 Å². The van der Waals surface area contributed by atoms with Crippen LogP contribution in [0.1, 0.15) is 31.2 Å². The molecule has 0 aliphatic heterocycles. The average molecular weight is 287 g/mol. The number of hydrogen-bond donors (Lipinski definition) is 1. The molecular formula is C12H12BrFO2. The fraction of sp³-hybridized carbons (Fsp3) is 0.417. The number of benzene rings is 1. The van der Waals surface area contributed by atoms with Crippen molar-refractivity contribution in [3.05, 3.63) is 34.1 Å². The molecule has 4 heteroatoms. The van der Waals surface area contributed by atoms with Crippen LogP contribution in [0, 0.1) is 5.82 Å². The van der Waals surface area contributed by atoms with E-state index in [0.717, 1.165) is 29.3 Å². The molecule has 0 unspecified atom stereocenters. The summed E-state index contributed by atoms with van der Waals surface area (Å²) < 4.78 is 14.0. The molecular weight excluding hydrogens is 275 g/mol. The Balaban J connectivity index is 2.39. The molecule has 1 aliphatic carbocycles. The lowest BCUT2D eigenvalue weighted by Crippen LogP contribution is -2.37. The van der Waals surface area contributed by atoms with Crippen LogP contribution in [0.4, 0.5) is 4.39 Å². The summed E-state index contributed by atoms with van der Waals surface area (Å²) in [5.41, 5.74) is 0.424. The Morgan fingerprint density at radius 1 is 1.50 bits per heavy atom. The SMILES string of the molecule is O=C(O)CC1(c2cc(F)ccc2Br)CCC1. The Hall–Kier alpha value is -0.900. The van der Waals surface area contributed by atoms with Gasteiger partial charge in [-0.05, 0) is 36.6 Å². The minimum absolute atomic E-state index is 0.0784. The van der Waals surface area contributed by atoms with E-state index in [0.29, 0.717) is 0 Å². The lowest BCUT2D eigenvalue weighted by Gasteiger charge is -2.42. The highest BCUT2D eigenvalue weighted by atomic mass is 79.9. The van der Waals surface area contributed by atoms with E-state index < -0.39 is 5.97 Å². The number of rotatable bonds is 3. The van der Waals surface area contributed by atoms with Crippen molar-refractivity contribution in [1.82, 2.24) is 0 Å². The molecule has 0 heterocycles. The van der Waals surface area contributed by atoms with Gasteiger partial charge in [-0.15, -0.1) is 0 Å². The number of halogens is 2. The third-order valence-corrected chi connectivity index (χ3v) is 3.99. The highest BCUT2D eigenvalue weighted by Gasteiger charge is 2.41. The second-order valence-electron chi connectivity index (χ2n) is 4.33. The Labute approximate surface area is 102 Å². The molecule has 0 saturated heterocycles. The van der Waals surface area contributed by atoms with Gasteiger partial charge in [0, 0.05) is 9.89 Å². The monoisotopic (exact) mass is 286 g/mol. The van der Waals surface area contributed by atoms with Gasteiger partial charge < -0.3 is 5.11 Å². The second-order valence-corrected chi connectivity index (χ2v) is 5.18. The molecule has 1 saturated carbocycles. The molecule has 0 bridgehead atoms.